The molecule has 1 heterocycles. The van der Waals surface area contributed by atoms with Crippen molar-refractivity contribution in [2.75, 3.05) is 0 Å². The molecule has 0 N–H and O–H groups in total. The van der Waals surface area contributed by atoms with E-state index in [2.05, 4.69) is 13.8 Å². The van der Waals surface area contributed by atoms with Crippen molar-refractivity contribution in [3.05, 3.63) is 29.8 Å². The van der Waals surface area contributed by atoms with E-state index in [0.717, 1.165) is 24.2 Å². The van der Waals surface area contributed by atoms with E-state index in [1.165, 1.54) is 6.42 Å². The zero-order valence-corrected chi connectivity index (χ0v) is 12.9. The average molecular weight is 275 g/mol. The van der Waals surface area contributed by atoms with Crippen LogP contribution in [-0.2, 0) is 0 Å². The second-order valence-corrected chi connectivity index (χ2v) is 6.04. The first-order chi connectivity index (χ1) is 9.49. The quantitative estimate of drug-likeness (QED) is 0.838. The molecule has 1 aliphatic rings. The van der Waals surface area contributed by atoms with E-state index in [9.17, 15) is 4.79 Å². The number of rotatable bonds is 3. The monoisotopic (exact) mass is 275 g/mol. The molecule has 0 radical (unpaired) electrons. The minimum atomic E-state index is 0.119. The van der Waals surface area contributed by atoms with Crippen molar-refractivity contribution in [2.45, 2.75) is 65.1 Å². The van der Waals surface area contributed by atoms with Crippen molar-refractivity contribution in [1.29, 1.82) is 0 Å². The Labute approximate surface area is 121 Å². The van der Waals surface area contributed by atoms with E-state index in [0.29, 0.717) is 12.1 Å². The molecule has 0 unspecified atom stereocenters. The van der Waals surface area contributed by atoms with Gasteiger partial charge in [0.2, 0.25) is 0 Å². The van der Waals surface area contributed by atoms with Gasteiger partial charge in [-0.15, -0.1) is 0 Å². The summed E-state index contributed by atoms with van der Waals surface area (Å²) in [5.41, 5.74) is 0.726. The summed E-state index contributed by atoms with van der Waals surface area (Å²) < 4.78 is 5.68. The van der Waals surface area contributed by atoms with Gasteiger partial charge in [0.1, 0.15) is 5.75 Å². The molecular formula is C17H25NO2. The number of ether oxygens (including phenoxy) is 1. The second-order valence-electron chi connectivity index (χ2n) is 6.04. The van der Waals surface area contributed by atoms with Gasteiger partial charge < -0.3 is 9.64 Å². The third-order valence-corrected chi connectivity index (χ3v) is 3.88. The van der Waals surface area contributed by atoms with Gasteiger partial charge in [-0.2, -0.15) is 0 Å². The molecule has 3 heteroatoms. The maximum atomic E-state index is 12.7. The Morgan fingerprint density at radius 2 is 1.90 bits per heavy atom. The normalized spacial score (nSPS) is 22.9. The van der Waals surface area contributed by atoms with Crippen molar-refractivity contribution >= 4 is 5.91 Å². The Balaban J connectivity index is 2.19. The highest BCUT2D eigenvalue weighted by Gasteiger charge is 2.29. The van der Waals surface area contributed by atoms with Gasteiger partial charge in [0.25, 0.3) is 5.91 Å². The first kappa shape index (κ1) is 14.9. The molecule has 0 aromatic heterocycles. The molecule has 2 atom stereocenters. The highest BCUT2D eigenvalue weighted by Crippen LogP contribution is 2.25. The first-order valence-corrected chi connectivity index (χ1v) is 7.58. The van der Waals surface area contributed by atoms with Crippen molar-refractivity contribution in [2.24, 2.45) is 0 Å². The van der Waals surface area contributed by atoms with Crippen LogP contribution in [0.2, 0.25) is 0 Å². The van der Waals surface area contributed by atoms with Crippen LogP contribution in [0.15, 0.2) is 24.3 Å². The molecule has 1 aromatic rings. The molecule has 1 fully saturated rings. The highest BCUT2D eigenvalue weighted by molar-refractivity contribution is 5.95. The predicted octanol–water partition coefficient (Wildman–Crippen LogP) is 3.88. The number of piperidine rings is 1. The molecular weight excluding hydrogens is 250 g/mol. The standard InChI is InChI=1S/C17H25NO2/c1-12(2)20-16-10-6-9-15(11-16)17(19)18-13(3)7-5-8-14(18)4/h6,9-14H,5,7-8H2,1-4H3/t13-,14-/m0/s1. The molecule has 20 heavy (non-hydrogen) atoms. The summed E-state index contributed by atoms with van der Waals surface area (Å²) in [5, 5.41) is 0. The highest BCUT2D eigenvalue weighted by atomic mass is 16.5. The fraction of sp³-hybridized carbons (Fsp3) is 0.588. The smallest absolute Gasteiger partial charge is 0.254 e. The van der Waals surface area contributed by atoms with Gasteiger partial charge in [0.15, 0.2) is 0 Å². The van der Waals surface area contributed by atoms with E-state index in [1.807, 2.05) is 43.0 Å². The van der Waals surface area contributed by atoms with E-state index in [1.54, 1.807) is 0 Å². The Hall–Kier alpha value is -1.51. The van der Waals surface area contributed by atoms with Crippen molar-refractivity contribution in [1.82, 2.24) is 4.90 Å². The summed E-state index contributed by atoms with van der Waals surface area (Å²) in [7, 11) is 0. The molecule has 0 saturated carbocycles. The summed E-state index contributed by atoms with van der Waals surface area (Å²) in [5.74, 6) is 0.891. The number of carbonyl (C=O) groups excluding carboxylic acids is 1. The van der Waals surface area contributed by atoms with E-state index in [-0.39, 0.29) is 12.0 Å². The van der Waals surface area contributed by atoms with Crippen LogP contribution in [0.4, 0.5) is 0 Å². The van der Waals surface area contributed by atoms with Crippen LogP contribution in [0.5, 0.6) is 5.75 Å². The molecule has 0 bridgehead atoms. The Kier molecular flexibility index (Phi) is 4.69. The van der Waals surface area contributed by atoms with Crippen molar-refractivity contribution in [3.63, 3.8) is 0 Å². The average Bonchev–Trinajstić information content (AvgIpc) is 2.38. The number of likely N-dealkylation sites (tertiary alicyclic amines) is 1. The summed E-state index contributed by atoms with van der Waals surface area (Å²) in [6, 6.07) is 8.17. The molecule has 0 spiro atoms. The zero-order chi connectivity index (χ0) is 14.7. The largest absolute Gasteiger partial charge is 0.491 e. The molecule has 0 aliphatic carbocycles. The lowest BCUT2D eigenvalue weighted by Crippen LogP contribution is -2.47. The summed E-state index contributed by atoms with van der Waals surface area (Å²) in [6.45, 7) is 8.26. The molecule has 1 aromatic carbocycles. The molecule has 1 amide bonds. The van der Waals surface area contributed by atoms with E-state index in [4.69, 9.17) is 4.74 Å². The van der Waals surface area contributed by atoms with Crippen LogP contribution in [0.3, 0.4) is 0 Å². The minimum Gasteiger partial charge on any atom is -0.491 e. The van der Waals surface area contributed by atoms with Crippen LogP contribution in [0.25, 0.3) is 0 Å². The Morgan fingerprint density at radius 3 is 2.50 bits per heavy atom. The lowest BCUT2D eigenvalue weighted by atomic mass is 9.96. The third kappa shape index (κ3) is 3.33. The van der Waals surface area contributed by atoms with Gasteiger partial charge in [0, 0.05) is 17.6 Å². The van der Waals surface area contributed by atoms with Crippen LogP contribution in [0.1, 0.15) is 57.3 Å². The van der Waals surface area contributed by atoms with Crippen molar-refractivity contribution in [3.8, 4) is 5.75 Å². The summed E-state index contributed by atoms with van der Waals surface area (Å²) >= 11 is 0. The number of benzene rings is 1. The van der Waals surface area contributed by atoms with Crippen LogP contribution in [0, 0.1) is 0 Å². The minimum absolute atomic E-state index is 0.119. The number of nitrogens with zero attached hydrogens (tertiary/aromatic N) is 1. The first-order valence-electron chi connectivity index (χ1n) is 7.58. The number of amides is 1. The van der Waals surface area contributed by atoms with Crippen LogP contribution in [-0.4, -0.2) is 29.0 Å². The van der Waals surface area contributed by atoms with Gasteiger partial charge >= 0.3 is 0 Å². The zero-order valence-electron chi connectivity index (χ0n) is 12.9. The maximum Gasteiger partial charge on any atom is 0.254 e. The predicted molar refractivity (Wildman–Crippen MR) is 81.2 cm³/mol. The van der Waals surface area contributed by atoms with Crippen LogP contribution < -0.4 is 4.74 Å². The molecule has 1 aliphatic heterocycles. The van der Waals surface area contributed by atoms with E-state index >= 15 is 0 Å². The Bertz CT molecular complexity index is 460. The summed E-state index contributed by atoms with van der Waals surface area (Å²) in [4.78, 5) is 14.8. The van der Waals surface area contributed by atoms with Gasteiger partial charge in [-0.1, -0.05) is 6.07 Å². The Morgan fingerprint density at radius 1 is 1.25 bits per heavy atom. The fourth-order valence-corrected chi connectivity index (χ4v) is 2.95. The lowest BCUT2D eigenvalue weighted by Gasteiger charge is -2.39. The topological polar surface area (TPSA) is 29.5 Å². The van der Waals surface area contributed by atoms with E-state index < -0.39 is 0 Å². The maximum absolute atomic E-state index is 12.7. The van der Waals surface area contributed by atoms with Crippen LogP contribution >= 0.6 is 0 Å². The number of hydrogen-bond donors (Lipinski definition) is 0. The second kappa shape index (κ2) is 6.29. The lowest BCUT2D eigenvalue weighted by molar-refractivity contribution is 0.0510. The van der Waals surface area contributed by atoms with Gasteiger partial charge in [-0.25, -0.2) is 0 Å². The molecule has 1 saturated heterocycles. The van der Waals surface area contributed by atoms with Gasteiger partial charge in [-0.05, 0) is 65.2 Å². The number of hydrogen-bond acceptors (Lipinski definition) is 2. The number of carbonyl (C=O) groups is 1. The van der Waals surface area contributed by atoms with Gasteiger partial charge in [-0.3, -0.25) is 4.79 Å². The summed E-state index contributed by atoms with van der Waals surface area (Å²) in [6.07, 6.45) is 3.52. The molecule has 110 valence electrons. The SMILES string of the molecule is CC(C)Oc1cccc(C(=O)N2[C@@H](C)CCC[C@@H]2C)c1. The fourth-order valence-electron chi connectivity index (χ4n) is 2.95. The van der Waals surface area contributed by atoms with Gasteiger partial charge in [0.05, 0.1) is 6.10 Å². The molecule has 2 rings (SSSR count). The third-order valence-electron chi connectivity index (χ3n) is 3.88. The van der Waals surface area contributed by atoms with Crippen molar-refractivity contribution < 1.29 is 9.53 Å². The molecule has 3 nitrogen and oxygen atoms in total.